The molecular formula is C31H37FNO4. The minimum Gasteiger partial charge on any atom is -0.493 e. The molecule has 197 valence electrons. The molecule has 3 aromatic carbocycles. The summed E-state index contributed by atoms with van der Waals surface area (Å²) in [5.74, 6) is 2.46. The molecule has 5 nitrogen and oxygen atoms in total. The summed E-state index contributed by atoms with van der Waals surface area (Å²) < 4.78 is 31.4. The molecule has 1 atom stereocenters. The van der Waals surface area contributed by atoms with Gasteiger partial charge >= 0.3 is 0 Å². The van der Waals surface area contributed by atoms with Crippen molar-refractivity contribution >= 4 is 0 Å². The summed E-state index contributed by atoms with van der Waals surface area (Å²) in [5, 5.41) is 13.5. The summed E-state index contributed by atoms with van der Waals surface area (Å²) in [4.78, 5) is 0. The van der Waals surface area contributed by atoms with Gasteiger partial charge < -0.3 is 24.6 Å². The Morgan fingerprint density at radius 1 is 0.784 bits per heavy atom. The molecule has 1 saturated carbocycles. The van der Waals surface area contributed by atoms with Gasteiger partial charge in [0.25, 0.3) is 0 Å². The van der Waals surface area contributed by atoms with Crippen molar-refractivity contribution in [3.63, 3.8) is 0 Å². The minimum absolute atomic E-state index is 0.0711. The van der Waals surface area contributed by atoms with E-state index in [0.717, 1.165) is 30.9 Å². The van der Waals surface area contributed by atoms with Gasteiger partial charge in [0.1, 0.15) is 30.8 Å². The molecule has 3 aromatic rings. The molecule has 6 heteroatoms. The Kier molecular flexibility index (Phi) is 10.6. The van der Waals surface area contributed by atoms with E-state index in [2.05, 4.69) is 17.4 Å². The Hall–Kier alpha value is -3.09. The molecule has 1 aliphatic rings. The van der Waals surface area contributed by atoms with Crippen molar-refractivity contribution in [3.05, 3.63) is 95.7 Å². The second-order valence-electron chi connectivity index (χ2n) is 9.53. The van der Waals surface area contributed by atoms with E-state index in [0.29, 0.717) is 18.9 Å². The Morgan fingerprint density at radius 3 is 2.30 bits per heavy atom. The predicted molar refractivity (Wildman–Crippen MR) is 144 cm³/mol. The van der Waals surface area contributed by atoms with Gasteiger partial charge in [0, 0.05) is 18.5 Å². The van der Waals surface area contributed by atoms with Crippen molar-refractivity contribution in [3.8, 4) is 17.2 Å². The van der Waals surface area contributed by atoms with E-state index in [9.17, 15) is 9.50 Å². The fourth-order valence-electron chi connectivity index (χ4n) is 4.31. The highest BCUT2D eigenvalue weighted by molar-refractivity contribution is 5.33. The first kappa shape index (κ1) is 27.0. The third-order valence-electron chi connectivity index (χ3n) is 6.48. The van der Waals surface area contributed by atoms with Crippen LogP contribution >= 0.6 is 0 Å². The van der Waals surface area contributed by atoms with Gasteiger partial charge in [-0.05, 0) is 61.2 Å². The number of benzene rings is 3. The molecule has 0 unspecified atom stereocenters. The van der Waals surface area contributed by atoms with Crippen molar-refractivity contribution in [1.82, 2.24) is 5.32 Å². The van der Waals surface area contributed by atoms with Crippen molar-refractivity contribution in [2.75, 3.05) is 26.3 Å². The van der Waals surface area contributed by atoms with Crippen LogP contribution in [0.15, 0.2) is 72.8 Å². The summed E-state index contributed by atoms with van der Waals surface area (Å²) in [6.45, 7) is 2.22. The molecule has 1 radical (unpaired) electrons. The lowest BCUT2D eigenvalue weighted by Gasteiger charge is -2.21. The third-order valence-corrected chi connectivity index (χ3v) is 6.48. The van der Waals surface area contributed by atoms with Crippen LogP contribution < -0.4 is 19.5 Å². The van der Waals surface area contributed by atoms with Crippen LogP contribution in [0.25, 0.3) is 0 Å². The zero-order chi connectivity index (χ0) is 25.7. The van der Waals surface area contributed by atoms with E-state index < -0.39 is 11.9 Å². The highest BCUT2D eigenvalue weighted by Crippen LogP contribution is 2.26. The van der Waals surface area contributed by atoms with Crippen LogP contribution in [0.5, 0.6) is 17.2 Å². The largest absolute Gasteiger partial charge is 0.493 e. The fourth-order valence-corrected chi connectivity index (χ4v) is 4.31. The minimum atomic E-state index is -0.704. The van der Waals surface area contributed by atoms with E-state index in [1.807, 2.05) is 42.5 Å². The average Bonchev–Trinajstić information content (AvgIpc) is 2.94. The van der Waals surface area contributed by atoms with Crippen LogP contribution in [0.3, 0.4) is 0 Å². The molecule has 0 spiro atoms. The number of hydrogen-bond acceptors (Lipinski definition) is 5. The molecule has 37 heavy (non-hydrogen) atoms. The van der Waals surface area contributed by atoms with E-state index in [1.165, 1.54) is 49.7 Å². The first-order valence-electron chi connectivity index (χ1n) is 13.2. The van der Waals surface area contributed by atoms with Crippen LogP contribution in [0.1, 0.15) is 43.2 Å². The number of rotatable bonds is 14. The summed E-state index contributed by atoms with van der Waals surface area (Å²) in [7, 11) is 0. The molecule has 4 rings (SSSR count). The van der Waals surface area contributed by atoms with Crippen LogP contribution in [0.2, 0.25) is 0 Å². The van der Waals surface area contributed by atoms with Crippen LogP contribution in [0, 0.1) is 11.7 Å². The molecule has 0 aliphatic heterocycles. The van der Waals surface area contributed by atoms with Gasteiger partial charge in [0.2, 0.25) is 0 Å². The molecule has 0 amide bonds. The van der Waals surface area contributed by atoms with Gasteiger partial charge in [-0.15, -0.1) is 0 Å². The van der Waals surface area contributed by atoms with Crippen molar-refractivity contribution < 1.29 is 23.7 Å². The quantitative estimate of drug-likeness (QED) is 0.267. The third kappa shape index (κ3) is 9.38. The van der Waals surface area contributed by atoms with Crippen LogP contribution in [-0.2, 0) is 13.0 Å². The Bertz CT molecular complexity index is 1050. The van der Waals surface area contributed by atoms with E-state index in [-0.39, 0.29) is 12.4 Å². The highest BCUT2D eigenvalue weighted by atomic mass is 19.1. The Morgan fingerprint density at radius 2 is 1.54 bits per heavy atom. The smallest absolute Gasteiger partial charge is 0.168 e. The number of aliphatic hydroxyl groups excluding tert-OH is 1. The van der Waals surface area contributed by atoms with Gasteiger partial charge in [-0.3, -0.25) is 0 Å². The maximum Gasteiger partial charge on any atom is 0.168 e. The number of halogens is 1. The average molecular weight is 507 g/mol. The van der Waals surface area contributed by atoms with E-state index in [1.54, 1.807) is 12.1 Å². The summed E-state index contributed by atoms with van der Waals surface area (Å²) in [6.07, 6.45) is 6.48. The van der Waals surface area contributed by atoms with Gasteiger partial charge in [-0.1, -0.05) is 61.7 Å². The molecule has 1 aliphatic carbocycles. The van der Waals surface area contributed by atoms with E-state index >= 15 is 0 Å². The summed E-state index contributed by atoms with van der Waals surface area (Å²) >= 11 is 0. The molecule has 0 aromatic heterocycles. The molecule has 0 bridgehead atoms. The standard InChI is InChI=1S/C31H37FNO4/c32-30-19-29(15-16-31(30)37-22-26-9-5-2-6-10-26)36-23-27(34)20-33-18-17-24-11-13-28(14-12-24)35-21-25-7-3-1-4-8-25/h2,5-6,9-16,19,27,33-34H,1,3-4,7-8,17-18,20-23H2/t27-/m0/s1. The maximum atomic E-state index is 14.4. The predicted octanol–water partition coefficient (Wildman–Crippen LogP) is 5.89. The lowest BCUT2D eigenvalue weighted by Crippen LogP contribution is -2.32. The van der Waals surface area contributed by atoms with Crippen molar-refractivity contribution in [1.29, 1.82) is 0 Å². The maximum absolute atomic E-state index is 14.4. The number of aliphatic hydroxyl groups is 1. The van der Waals surface area contributed by atoms with Crippen molar-refractivity contribution in [2.45, 2.75) is 51.2 Å². The Labute approximate surface area is 219 Å². The molecule has 0 saturated heterocycles. The van der Waals surface area contributed by atoms with E-state index in [4.69, 9.17) is 14.2 Å². The first-order valence-corrected chi connectivity index (χ1v) is 13.2. The number of ether oxygens (including phenoxy) is 3. The van der Waals surface area contributed by atoms with Crippen LogP contribution in [0.4, 0.5) is 4.39 Å². The van der Waals surface area contributed by atoms with Gasteiger partial charge in [-0.2, -0.15) is 0 Å². The second kappa shape index (κ2) is 14.6. The summed E-state index contributed by atoms with van der Waals surface area (Å²) in [5.41, 5.74) is 2.17. The molecular weight excluding hydrogens is 469 g/mol. The monoisotopic (exact) mass is 506 g/mol. The normalized spacial score (nSPS) is 14.8. The zero-order valence-electron chi connectivity index (χ0n) is 21.3. The van der Waals surface area contributed by atoms with Crippen molar-refractivity contribution in [2.24, 2.45) is 0 Å². The molecule has 0 heterocycles. The van der Waals surface area contributed by atoms with Gasteiger partial charge in [0.05, 0.1) is 6.61 Å². The SMILES string of the molecule is O[C@@H](CNCCc1ccc(OC[C]2CCCCC2)cc1)COc1ccc(OCc2ccccc2)c(F)c1. The second-order valence-corrected chi connectivity index (χ2v) is 9.53. The topological polar surface area (TPSA) is 60.0 Å². The highest BCUT2D eigenvalue weighted by Gasteiger charge is 2.14. The first-order chi connectivity index (χ1) is 18.2. The molecule has 1 fully saturated rings. The fraction of sp³-hybridized carbons (Fsp3) is 0.387. The molecule has 2 N–H and O–H groups in total. The zero-order valence-corrected chi connectivity index (χ0v) is 21.3. The lowest BCUT2D eigenvalue weighted by molar-refractivity contribution is 0.106. The lowest BCUT2D eigenvalue weighted by atomic mass is 9.90. The van der Waals surface area contributed by atoms with Gasteiger partial charge in [0.15, 0.2) is 11.6 Å². The number of nitrogens with one attached hydrogen (secondary N) is 1. The Balaban J connectivity index is 1.09. The van der Waals surface area contributed by atoms with Gasteiger partial charge in [-0.25, -0.2) is 4.39 Å². The van der Waals surface area contributed by atoms with Crippen LogP contribution in [-0.4, -0.2) is 37.5 Å². The number of hydrogen-bond donors (Lipinski definition) is 2. The summed E-state index contributed by atoms with van der Waals surface area (Å²) in [6, 6.07) is 22.3.